The number of nitrogens with zero attached hydrogens (tertiary/aromatic N) is 2. The molecule has 1 fully saturated rings. The van der Waals surface area contributed by atoms with Crippen LogP contribution in [0.1, 0.15) is 30.9 Å². The Bertz CT molecular complexity index is 1260. The fourth-order valence-corrected chi connectivity index (χ4v) is 4.60. The normalized spacial score (nSPS) is 15.8. The van der Waals surface area contributed by atoms with E-state index in [-0.39, 0.29) is 17.5 Å². The van der Waals surface area contributed by atoms with Crippen LogP contribution in [0, 0.1) is 6.92 Å². The molecule has 2 amide bonds. The van der Waals surface area contributed by atoms with Gasteiger partial charge in [0.2, 0.25) is 0 Å². The molecule has 35 heavy (non-hydrogen) atoms. The van der Waals surface area contributed by atoms with Crippen LogP contribution in [0.3, 0.4) is 0 Å². The minimum Gasteiger partial charge on any atom is -0.494 e. The van der Waals surface area contributed by atoms with Gasteiger partial charge in [-0.2, -0.15) is 0 Å². The van der Waals surface area contributed by atoms with Gasteiger partial charge in [0, 0.05) is 24.5 Å². The van der Waals surface area contributed by atoms with Crippen LogP contribution in [0.4, 0.5) is 17.1 Å². The van der Waals surface area contributed by atoms with E-state index in [2.05, 4.69) is 22.3 Å². The number of amides is 2. The predicted molar refractivity (Wildman–Crippen MR) is 140 cm³/mol. The lowest BCUT2D eigenvalue weighted by Gasteiger charge is -2.18. The van der Waals surface area contributed by atoms with Crippen LogP contribution in [-0.2, 0) is 9.59 Å². The van der Waals surface area contributed by atoms with E-state index >= 15 is 0 Å². The molecule has 2 aliphatic rings. The number of anilines is 3. The number of benzene rings is 3. The van der Waals surface area contributed by atoms with Gasteiger partial charge in [-0.1, -0.05) is 29.8 Å². The number of aryl methyl sites for hydroxylation is 1. The molecule has 0 bridgehead atoms. The van der Waals surface area contributed by atoms with E-state index < -0.39 is 0 Å². The summed E-state index contributed by atoms with van der Waals surface area (Å²) in [7, 11) is 0. The Kier molecular flexibility index (Phi) is 6.27. The summed E-state index contributed by atoms with van der Waals surface area (Å²) in [5.74, 6) is -0.0314. The molecule has 1 saturated heterocycles. The Labute approximate surface area is 205 Å². The van der Waals surface area contributed by atoms with E-state index in [1.54, 1.807) is 24.3 Å². The minimum absolute atomic E-state index is 0.279. The monoisotopic (exact) mass is 467 g/mol. The van der Waals surface area contributed by atoms with Crippen molar-refractivity contribution in [1.82, 2.24) is 0 Å². The van der Waals surface area contributed by atoms with Gasteiger partial charge < -0.3 is 15.0 Å². The summed E-state index contributed by atoms with van der Waals surface area (Å²) < 4.78 is 5.51. The average Bonchev–Trinajstić information content (AvgIpc) is 3.49. The molecular formula is C29H29N3O3. The number of carbonyl (C=O) groups excluding carboxylic acids is 2. The van der Waals surface area contributed by atoms with Crippen LogP contribution < -0.4 is 19.9 Å². The molecule has 0 radical (unpaired) electrons. The fraction of sp³-hybridized carbons (Fsp3) is 0.241. The third-order valence-electron chi connectivity index (χ3n) is 6.44. The molecule has 178 valence electrons. The molecule has 0 spiro atoms. The van der Waals surface area contributed by atoms with Crippen molar-refractivity contribution >= 4 is 34.4 Å². The molecule has 6 nitrogen and oxygen atoms in total. The molecule has 6 heteroatoms. The van der Waals surface area contributed by atoms with Gasteiger partial charge in [-0.3, -0.25) is 9.59 Å². The number of ether oxygens (including phenoxy) is 1. The van der Waals surface area contributed by atoms with E-state index in [1.165, 1.54) is 23.4 Å². The molecule has 0 aliphatic carbocycles. The topological polar surface area (TPSA) is 61.9 Å². The standard InChI is InChI=1S/C29H29N3O3/c1-3-35-25-16-14-24(15-17-25)32-28(33)26(21-8-6-20(2)7-9-21)27(29(32)34)30-22-10-12-23(13-11-22)31-18-4-5-19-31/h6-17,30H,3-5,18-19H2,1-2H3. The highest BCUT2D eigenvalue weighted by Gasteiger charge is 2.40. The van der Waals surface area contributed by atoms with Crippen LogP contribution >= 0.6 is 0 Å². The van der Waals surface area contributed by atoms with Crippen molar-refractivity contribution < 1.29 is 14.3 Å². The summed E-state index contributed by atoms with van der Waals surface area (Å²) >= 11 is 0. The zero-order chi connectivity index (χ0) is 24.4. The van der Waals surface area contributed by atoms with Gasteiger partial charge in [-0.15, -0.1) is 0 Å². The number of rotatable bonds is 7. The number of imide groups is 1. The van der Waals surface area contributed by atoms with Gasteiger partial charge in [0.05, 0.1) is 17.9 Å². The van der Waals surface area contributed by atoms with Crippen LogP contribution in [0.15, 0.2) is 78.5 Å². The predicted octanol–water partition coefficient (Wildman–Crippen LogP) is 5.39. The first kappa shape index (κ1) is 22.7. The van der Waals surface area contributed by atoms with E-state index in [0.717, 1.165) is 24.3 Å². The maximum Gasteiger partial charge on any atom is 0.282 e. The molecule has 3 aromatic rings. The second-order valence-electron chi connectivity index (χ2n) is 8.85. The van der Waals surface area contributed by atoms with Crippen molar-refractivity contribution in [2.75, 3.05) is 34.8 Å². The lowest BCUT2D eigenvalue weighted by molar-refractivity contribution is -0.120. The van der Waals surface area contributed by atoms with Crippen molar-refractivity contribution in [3.05, 3.63) is 89.6 Å². The lowest BCUT2D eigenvalue weighted by Crippen LogP contribution is -2.32. The molecule has 0 saturated carbocycles. The minimum atomic E-state index is -0.377. The highest BCUT2D eigenvalue weighted by molar-refractivity contribution is 6.46. The quantitative estimate of drug-likeness (QED) is 0.472. The van der Waals surface area contributed by atoms with E-state index in [9.17, 15) is 9.59 Å². The Morgan fingerprint density at radius 1 is 0.800 bits per heavy atom. The van der Waals surface area contributed by atoms with Crippen molar-refractivity contribution in [2.24, 2.45) is 0 Å². The van der Waals surface area contributed by atoms with Crippen LogP contribution in [0.2, 0.25) is 0 Å². The summed E-state index contributed by atoms with van der Waals surface area (Å²) in [6, 6.07) is 22.7. The molecule has 3 aromatic carbocycles. The summed E-state index contributed by atoms with van der Waals surface area (Å²) in [5, 5.41) is 3.26. The second-order valence-corrected chi connectivity index (χ2v) is 8.85. The molecule has 1 N–H and O–H groups in total. The third kappa shape index (κ3) is 4.52. The highest BCUT2D eigenvalue weighted by Crippen LogP contribution is 2.35. The van der Waals surface area contributed by atoms with Gasteiger partial charge in [0.25, 0.3) is 11.8 Å². The smallest absolute Gasteiger partial charge is 0.282 e. The zero-order valence-electron chi connectivity index (χ0n) is 20.1. The SMILES string of the molecule is CCOc1ccc(N2C(=O)C(Nc3ccc(N4CCCC4)cc3)=C(c3ccc(C)cc3)C2=O)cc1. The summed E-state index contributed by atoms with van der Waals surface area (Å²) in [6.07, 6.45) is 2.43. The van der Waals surface area contributed by atoms with Crippen molar-refractivity contribution in [1.29, 1.82) is 0 Å². The van der Waals surface area contributed by atoms with Crippen molar-refractivity contribution in [2.45, 2.75) is 26.7 Å². The summed E-state index contributed by atoms with van der Waals surface area (Å²) in [4.78, 5) is 30.8. The van der Waals surface area contributed by atoms with Gasteiger partial charge in [0.15, 0.2) is 0 Å². The fourth-order valence-electron chi connectivity index (χ4n) is 4.60. The number of hydrogen-bond acceptors (Lipinski definition) is 5. The van der Waals surface area contributed by atoms with Gasteiger partial charge in [-0.05, 0) is 80.8 Å². The first-order valence-electron chi connectivity index (χ1n) is 12.1. The Balaban J connectivity index is 1.48. The number of nitrogens with one attached hydrogen (secondary N) is 1. The maximum atomic E-state index is 13.6. The van der Waals surface area contributed by atoms with Crippen molar-refractivity contribution in [3.63, 3.8) is 0 Å². The molecule has 0 aromatic heterocycles. The second kappa shape index (κ2) is 9.66. The Hall–Kier alpha value is -4.06. The molecule has 2 aliphatic heterocycles. The van der Waals surface area contributed by atoms with Crippen LogP contribution in [-0.4, -0.2) is 31.5 Å². The maximum absolute atomic E-state index is 13.6. The molecule has 5 rings (SSSR count). The van der Waals surface area contributed by atoms with E-state index in [1.807, 2.05) is 50.2 Å². The summed E-state index contributed by atoms with van der Waals surface area (Å²) in [5.41, 5.74) is 4.89. The zero-order valence-corrected chi connectivity index (χ0v) is 20.1. The van der Waals surface area contributed by atoms with E-state index in [4.69, 9.17) is 4.74 Å². The Morgan fingerprint density at radius 3 is 2.06 bits per heavy atom. The summed E-state index contributed by atoms with van der Waals surface area (Å²) in [6.45, 7) is 6.59. The first-order chi connectivity index (χ1) is 17.0. The van der Waals surface area contributed by atoms with Crippen LogP contribution in [0.25, 0.3) is 5.57 Å². The number of hydrogen-bond donors (Lipinski definition) is 1. The molecule has 0 atom stereocenters. The lowest BCUT2D eigenvalue weighted by atomic mass is 10.0. The van der Waals surface area contributed by atoms with Gasteiger partial charge in [0.1, 0.15) is 11.4 Å². The first-order valence-corrected chi connectivity index (χ1v) is 12.1. The van der Waals surface area contributed by atoms with Gasteiger partial charge in [-0.25, -0.2) is 4.90 Å². The third-order valence-corrected chi connectivity index (χ3v) is 6.44. The largest absolute Gasteiger partial charge is 0.494 e. The highest BCUT2D eigenvalue weighted by atomic mass is 16.5. The Morgan fingerprint density at radius 2 is 1.43 bits per heavy atom. The van der Waals surface area contributed by atoms with Crippen LogP contribution in [0.5, 0.6) is 5.75 Å². The molecule has 0 unspecified atom stereocenters. The van der Waals surface area contributed by atoms with Gasteiger partial charge >= 0.3 is 0 Å². The molecule has 2 heterocycles. The molecular weight excluding hydrogens is 438 g/mol. The number of carbonyl (C=O) groups is 2. The van der Waals surface area contributed by atoms with E-state index in [0.29, 0.717) is 29.2 Å². The average molecular weight is 468 g/mol. The van der Waals surface area contributed by atoms with Crippen molar-refractivity contribution in [3.8, 4) is 5.75 Å².